The number of carbonyl (C=O) groups excluding carboxylic acids is 1. The van der Waals surface area contributed by atoms with Crippen LogP contribution in [0, 0.1) is 6.92 Å². The minimum Gasteiger partial charge on any atom is -0.490 e. The van der Waals surface area contributed by atoms with Gasteiger partial charge in [-0.05, 0) is 37.1 Å². The van der Waals surface area contributed by atoms with Crippen LogP contribution in [0.25, 0.3) is 11.1 Å². The van der Waals surface area contributed by atoms with Gasteiger partial charge in [0.1, 0.15) is 11.5 Å². The SMILES string of the molecule is C=CCOc1ccc([C@@H]2CC(=O)Nc3c2sc(C(=O)O)c3-c2ccc(C)cc2)cc1OCC. The Balaban J connectivity index is 1.84. The monoisotopic (exact) mass is 463 g/mol. The number of benzene rings is 2. The van der Waals surface area contributed by atoms with Crippen LogP contribution in [0.2, 0.25) is 0 Å². The molecule has 33 heavy (non-hydrogen) atoms. The Bertz CT molecular complexity index is 1210. The zero-order valence-corrected chi connectivity index (χ0v) is 19.3. The average molecular weight is 464 g/mol. The molecule has 1 atom stereocenters. The standard InChI is InChI=1S/C26H25NO5S/c1-4-12-32-19-11-10-17(13-20(19)31-5-2)18-14-21(28)27-23-22(16-8-6-15(3)7-9-16)25(26(29)30)33-24(18)23/h4,6-11,13,18H,1,5,12,14H2,2-3H3,(H,27,28)(H,29,30)/t18-/m0/s1. The van der Waals surface area contributed by atoms with E-state index < -0.39 is 5.97 Å². The number of carboxylic acid groups (broad SMARTS) is 1. The zero-order valence-electron chi connectivity index (χ0n) is 18.5. The number of hydrogen-bond donors (Lipinski definition) is 2. The fourth-order valence-corrected chi connectivity index (χ4v) is 5.23. The summed E-state index contributed by atoms with van der Waals surface area (Å²) in [7, 11) is 0. The van der Waals surface area contributed by atoms with Crippen molar-refractivity contribution in [3.05, 3.63) is 76.0 Å². The molecule has 0 fully saturated rings. The fraction of sp³-hybridized carbons (Fsp3) is 0.231. The summed E-state index contributed by atoms with van der Waals surface area (Å²) in [5, 5.41) is 12.9. The maximum absolute atomic E-state index is 12.7. The molecule has 2 N–H and O–H groups in total. The van der Waals surface area contributed by atoms with Gasteiger partial charge in [-0.15, -0.1) is 11.3 Å². The highest BCUT2D eigenvalue weighted by Gasteiger charge is 2.34. The molecule has 0 bridgehead atoms. The van der Waals surface area contributed by atoms with Gasteiger partial charge in [-0.2, -0.15) is 0 Å². The van der Waals surface area contributed by atoms with Crippen LogP contribution in [0.4, 0.5) is 5.69 Å². The maximum atomic E-state index is 12.7. The highest BCUT2D eigenvalue weighted by molar-refractivity contribution is 7.15. The largest absolute Gasteiger partial charge is 0.490 e. The van der Waals surface area contributed by atoms with Crippen molar-refractivity contribution in [2.24, 2.45) is 0 Å². The van der Waals surface area contributed by atoms with E-state index in [0.717, 1.165) is 21.6 Å². The molecule has 1 aliphatic heterocycles. The van der Waals surface area contributed by atoms with Gasteiger partial charge in [0.15, 0.2) is 11.5 Å². The quantitative estimate of drug-likeness (QED) is 0.409. The topological polar surface area (TPSA) is 84.9 Å². The lowest BCUT2D eigenvalue weighted by atomic mass is 9.88. The number of nitrogens with one attached hydrogen (secondary N) is 1. The lowest BCUT2D eigenvalue weighted by Crippen LogP contribution is -2.22. The van der Waals surface area contributed by atoms with Crippen LogP contribution in [-0.2, 0) is 4.79 Å². The molecule has 170 valence electrons. The van der Waals surface area contributed by atoms with Crippen LogP contribution in [-0.4, -0.2) is 30.2 Å². The third-order valence-electron chi connectivity index (χ3n) is 5.47. The number of amides is 1. The Hall–Kier alpha value is -3.58. The van der Waals surface area contributed by atoms with Crippen molar-refractivity contribution in [1.29, 1.82) is 0 Å². The summed E-state index contributed by atoms with van der Waals surface area (Å²) in [5.41, 5.74) is 3.83. The number of ether oxygens (including phenoxy) is 2. The van der Waals surface area contributed by atoms with E-state index in [1.165, 1.54) is 11.3 Å². The first-order chi connectivity index (χ1) is 15.9. The van der Waals surface area contributed by atoms with E-state index in [-0.39, 0.29) is 23.1 Å². The first-order valence-electron chi connectivity index (χ1n) is 10.7. The minimum atomic E-state index is -1.01. The molecule has 7 heteroatoms. The Morgan fingerprint density at radius 3 is 2.64 bits per heavy atom. The van der Waals surface area contributed by atoms with Gasteiger partial charge in [0.25, 0.3) is 0 Å². The second kappa shape index (κ2) is 9.50. The molecular weight excluding hydrogens is 438 g/mol. The van der Waals surface area contributed by atoms with Crippen LogP contribution >= 0.6 is 11.3 Å². The van der Waals surface area contributed by atoms with E-state index in [1.807, 2.05) is 56.3 Å². The molecule has 6 nitrogen and oxygen atoms in total. The first kappa shape index (κ1) is 22.6. The van der Waals surface area contributed by atoms with Crippen molar-refractivity contribution in [3.8, 4) is 22.6 Å². The molecule has 1 aromatic heterocycles. The van der Waals surface area contributed by atoms with Crippen LogP contribution in [0.5, 0.6) is 11.5 Å². The second-order valence-corrected chi connectivity index (χ2v) is 8.81. The molecule has 0 saturated heterocycles. The van der Waals surface area contributed by atoms with Gasteiger partial charge in [0.2, 0.25) is 5.91 Å². The molecule has 2 heterocycles. The number of carbonyl (C=O) groups is 2. The Morgan fingerprint density at radius 2 is 1.97 bits per heavy atom. The smallest absolute Gasteiger partial charge is 0.346 e. The van der Waals surface area contributed by atoms with E-state index >= 15 is 0 Å². The third-order valence-corrected chi connectivity index (χ3v) is 6.76. The highest BCUT2D eigenvalue weighted by Crippen LogP contribution is 2.50. The number of fused-ring (bicyclic) bond motifs is 1. The van der Waals surface area contributed by atoms with Crippen LogP contribution in [0.15, 0.2) is 55.1 Å². The molecule has 4 rings (SSSR count). The molecule has 2 aromatic carbocycles. The number of hydrogen-bond acceptors (Lipinski definition) is 5. The minimum absolute atomic E-state index is 0.152. The van der Waals surface area contributed by atoms with Crippen molar-refractivity contribution in [2.75, 3.05) is 18.5 Å². The van der Waals surface area contributed by atoms with Crippen LogP contribution in [0.1, 0.15) is 44.9 Å². The van der Waals surface area contributed by atoms with Gasteiger partial charge in [0.05, 0.1) is 12.3 Å². The van der Waals surface area contributed by atoms with E-state index in [0.29, 0.717) is 36.0 Å². The fourth-order valence-electron chi connectivity index (χ4n) is 3.98. The van der Waals surface area contributed by atoms with Crippen molar-refractivity contribution in [2.45, 2.75) is 26.2 Å². The van der Waals surface area contributed by atoms with Gasteiger partial charge in [-0.1, -0.05) is 48.6 Å². The van der Waals surface area contributed by atoms with Crippen molar-refractivity contribution in [1.82, 2.24) is 0 Å². The summed E-state index contributed by atoms with van der Waals surface area (Å²) in [6.45, 7) is 8.35. The summed E-state index contributed by atoms with van der Waals surface area (Å²) in [5.74, 6) is -0.276. The number of aromatic carboxylic acids is 1. The summed E-state index contributed by atoms with van der Waals surface area (Å²) in [4.78, 5) is 25.9. The van der Waals surface area contributed by atoms with E-state index in [4.69, 9.17) is 9.47 Å². The van der Waals surface area contributed by atoms with Gasteiger partial charge >= 0.3 is 5.97 Å². The molecule has 0 spiro atoms. The molecule has 1 amide bonds. The van der Waals surface area contributed by atoms with E-state index in [2.05, 4.69) is 11.9 Å². The zero-order chi connectivity index (χ0) is 23.5. The van der Waals surface area contributed by atoms with Gasteiger partial charge in [-0.25, -0.2) is 4.79 Å². The predicted octanol–water partition coefficient (Wildman–Crippen LogP) is 5.86. The number of aryl methyl sites for hydroxylation is 1. The van der Waals surface area contributed by atoms with Crippen molar-refractivity contribution >= 4 is 28.9 Å². The summed E-state index contributed by atoms with van der Waals surface area (Å²) >= 11 is 1.21. The Kier molecular flexibility index (Phi) is 6.51. The van der Waals surface area contributed by atoms with Gasteiger partial charge in [-0.3, -0.25) is 4.79 Å². The normalized spacial score (nSPS) is 14.8. The van der Waals surface area contributed by atoms with Gasteiger partial charge < -0.3 is 19.9 Å². The molecule has 3 aromatic rings. The second-order valence-electron chi connectivity index (χ2n) is 7.76. The molecule has 0 aliphatic carbocycles. The van der Waals surface area contributed by atoms with Gasteiger partial charge in [0, 0.05) is 22.8 Å². The Labute approximate surface area is 196 Å². The summed E-state index contributed by atoms with van der Waals surface area (Å²) < 4.78 is 11.5. The van der Waals surface area contributed by atoms with Crippen molar-refractivity contribution in [3.63, 3.8) is 0 Å². The van der Waals surface area contributed by atoms with E-state index in [1.54, 1.807) is 6.08 Å². The van der Waals surface area contributed by atoms with Crippen molar-refractivity contribution < 1.29 is 24.2 Å². The third kappa shape index (κ3) is 4.50. The van der Waals surface area contributed by atoms with Crippen LogP contribution in [0.3, 0.4) is 0 Å². The Morgan fingerprint density at radius 1 is 1.21 bits per heavy atom. The summed E-state index contributed by atoms with van der Waals surface area (Å²) in [6.07, 6.45) is 1.88. The van der Waals surface area contributed by atoms with Crippen LogP contribution < -0.4 is 14.8 Å². The lowest BCUT2D eigenvalue weighted by molar-refractivity contribution is -0.116. The average Bonchev–Trinajstić information content (AvgIpc) is 3.18. The molecule has 0 radical (unpaired) electrons. The van der Waals surface area contributed by atoms with E-state index in [9.17, 15) is 14.7 Å². The molecule has 0 saturated carbocycles. The summed E-state index contributed by atoms with van der Waals surface area (Å²) in [6, 6.07) is 13.2. The number of carboxylic acids is 1. The highest BCUT2D eigenvalue weighted by atomic mass is 32.1. The predicted molar refractivity (Wildman–Crippen MR) is 130 cm³/mol. The molecular formula is C26H25NO5S. The lowest BCUT2D eigenvalue weighted by Gasteiger charge is -2.24. The number of thiophene rings is 1. The molecule has 0 unspecified atom stereocenters. The molecule has 1 aliphatic rings. The maximum Gasteiger partial charge on any atom is 0.346 e. The number of anilines is 1. The first-order valence-corrected chi connectivity index (χ1v) is 11.5. The number of rotatable bonds is 8.